The van der Waals surface area contributed by atoms with Crippen molar-refractivity contribution in [1.82, 2.24) is 15.6 Å². The molecule has 4 aromatic rings. The molecule has 1 atom stereocenters. The molecule has 2 aliphatic heterocycles. The van der Waals surface area contributed by atoms with Gasteiger partial charge in [0.15, 0.2) is 0 Å². The zero-order valence-electron chi connectivity index (χ0n) is 18.4. The van der Waals surface area contributed by atoms with Gasteiger partial charge in [0.25, 0.3) is 5.91 Å². The highest BCUT2D eigenvalue weighted by Gasteiger charge is 2.33. The number of carbonyl (C=O) groups is 2. The molecule has 3 amide bonds. The number of carbonyl (C=O) groups excluding carboxylic acids is 2. The lowest BCUT2D eigenvalue weighted by Gasteiger charge is -2.28. The monoisotopic (exact) mass is 469 g/mol. The van der Waals surface area contributed by atoms with Crippen molar-refractivity contribution in [3.05, 3.63) is 71.7 Å². The Morgan fingerprint density at radius 1 is 1.06 bits per heavy atom. The largest absolute Gasteiger partial charge is 0.347 e. The van der Waals surface area contributed by atoms with Crippen molar-refractivity contribution in [1.29, 1.82) is 0 Å². The standard InChI is InChI=1S/C26H23N5O2S/c32-24(29-18-7-4-13-27-15-18)23-22-21-20(12-14-28-25(21)34-23)31(26(33)30-22)19-10-8-17(9-11-19)16-5-2-1-3-6-16/h1-3,5-6,8-12,14,18,27H,4,7,13,15H2,(H,29,32)(H,30,33). The SMILES string of the molecule is O=C(NC1CCCNC1)c1sc2nccc3c2c1NC(=O)N3c1ccc(-c2ccccc2)cc1. The quantitative estimate of drug-likeness (QED) is 0.387. The van der Waals surface area contributed by atoms with Crippen molar-refractivity contribution < 1.29 is 9.59 Å². The molecule has 7 nitrogen and oxygen atoms in total. The van der Waals surface area contributed by atoms with Crippen LogP contribution >= 0.6 is 11.3 Å². The van der Waals surface area contributed by atoms with Crippen LogP contribution in [0, 0.1) is 0 Å². The Bertz CT molecular complexity index is 1380. The molecule has 0 saturated carbocycles. The summed E-state index contributed by atoms with van der Waals surface area (Å²) in [6, 6.07) is 19.6. The van der Waals surface area contributed by atoms with Gasteiger partial charge in [0.05, 0.1) is 22.4 Å². The van der Waals surface area contributed by atoms with Crippen molar-refractivity contribution in [2.75, 3.05) is 23.3 Å². The number of benzene rings is 2. The van der Waals surface area contributed by atoms with Crippen LogP contribution in [0.5, 0.6) is 0 Å². The van der Waals surface area contributed by atoms with Gasteiger partial charge in [0, 0.05) is 18.8 Å². The maximum absolute atomic E-state index is 13.3. The molecule has 0 radical (unpaired) electrons. The van der Waals surface area contributed by atoms with Crippen LogP contribution in [-0.2, 0) is 0 Å². The van der Waals surface area contributed by atoms with Gasteiger partial charge in [0.2, 0.25) is 0 Å². The third kappa shape index (κ3) is 3.61. The fourth-order valence-corrected chi connectivity index (χ4v) is 5.68. The number of urea groups is 1. The van der Waals surface area contributed by atoms with Crippen LogP contribution < -0.4 is 20.9 Å². The van der Waals surface area contributed by atoms with E-state index in [1.165, 1.54) is 11.3 Å². The number of anilines is 3. The maximum atomic E-state index is 13.3. The summed E-state index contributed by atoms with van der Waals surface area (Å²) in [5.74, 6) is -0.168. The Morgan fingerprint density at radius 3 is 2.62 bits per heavy atom. The molecule has 3 N–H and O–H groups in total. The van der Waals surface area contributed by atoms with Crippen LogP contribution in [0.4, 0.5) is 21.9 Å². The number of thiophene rings is 1. The van der Waals surface area contributed by atoms with E-state index in [4.69, 9.17) is 0 Å². The number of rotatable bonds is 4. The van der Waals surface area contributed by atoms with E-state index in [0.717, 1.165) is 58.6 Å². The molecule has 8 heteroatoms. The second kappa shape index (κ2) is 8.55. The summed E-state index contributed by atoms with van der Waals surface area (Å²) in [6.45, 7) is 1.74. The van der Waals surface area contributed by atoms with Gasteiger partial charge < -0.3 is 16.0 Å². The zero-order valence-corrected chi connectivity index (χ0v) is 19.2. The van der Waals surface area contributed by atoms with Gasteiger partial charge in [-0.05, 0) is 48.7 Å². The van der Waals surface area contributed by atoms with Gasteiger partial charge in [-0.2, -0.15) is 0 Å². The van der Waals surface area contributed by atoms with Crippen LogP contribution in [0.3, 0.4) is 0 Å². The van der Waals surface area contributed by atoms with E-state index in [9.17, 15) is 9.59 Å². The number of nitrogens with zero attached hydrogens (tertiary/aromatic N) is 2. The van der Waals surface area contributed by atoms with Crippen LogP contribution in [0.2, 0.25) is 0 Å². The summed E-state index contributed by atoms with van der Waals surface area (Å²) in [7, 11) is 0. The van der Waals surface area contributed by atoms with E-state index >= 15 is 0 Å². The number of piperidine rings is 1. The van der Waals surface area contributed by atoms with E-state index in [2.05, 4.69) is 33.1 Å². The lowest BCUT2D eigenvalue weighted by atomic mass is 10.0. The summed E-state index contributed by atoms with van der Waals surface area (Å²) in [6.07, 6.45) is 3.67. The van der Waals surface area contributed by atoms with Gasteiger partial charge in [-0.15, -0.1) is 11.3 Å². The Kier molecular flexibility index (Phi) is 5.24. The molecule has 1 fully saturated rings. The van der Waals surface area contributed by atoms with Gasteiger partial charge in [-0.3, -0.25) is 9.69 Å². The van der Waals surface area contributed by atoms with Crippen molar-refractivity contribution in [3.63, 3.8) is 0 Å². The minimum atomic E-state index is -0.292. The first-order valence-corrected chi connectivity index (χ1v) is 12.2. The summed E-state index contributed by atoms with van der Waals surface area (Å²) >= 11 is 1.31. The minimum absolute atomic E-state index is 0.0880. The van der Waals surface area contributed by atoms with Gasteiger partial charge in [0.1, 0.15) is 9.71 Å². The highest BCUT2D eigenvalue weighted by molar-refractivity contribution is 7.21. The van der Waals surface area contributed by atoms with Crippen LogP contribution in [0.1, 0.15) is 22.5 Å². The molecular weight excluding hydrogens is 446 g/mol. The van der Waals surface area contributed by atoms with Crippen molar-refractivity contribution in [3.8, 4) is 11.1 Å². The summed E-state index contributed by atoms with van der Waals surface area (Å²) in [5, 5.41) is 10.2. The number of nitrogens with one attached hydrogen (secondary N) is 3. The summed E-state index contributed by atoms with van der Waals surface area (Å²) < 4.78 is 0. The van der Waals surface area contributed by atoms with E-state index < -0.39 is 0 Å². The van der Waals surface area contributed by atoms with Crippen LogP contribution in [0.15, 0.2) is 66.9 Å². The molecule has 170 valence electrons. The number of hydrogen-bond acceptors (Lipinski definition) is 5. The Morgan fingerprint density at radius 2 is 1.85 bits per heavy atom. The van der Waals surface area contributed by atoms with E-state index in [1.807, 2.05) is 48.5 Å². The second-order valence-electron chi connectivity index (χ2n) is 8.51. The van der Waals surface area contributed by atoms with E-state index in [1.54, 1.807) is 11.1 Å². The molecule has 4 heterocycles. The number of aromatic nitrogens is 1. The first-order valence-electron chi connectivity index (χ1n) is 11.4. The van der Waals surface area contributed by atoms with Crippen molar-refractivity contribution >= 4 is 50.6 Å². The minimum Gasteiger partial charge on any atom is -0.347 e. The third-order valence-electron chi connectivity index (χ3n) is 6.32. The van der Waals surface area contributed by atoms with E-state index in [0.29, 0.717) is 10.6 Å². The molecule has 1 saturated heterocycles. The smallest absolute Gasteiger partial charge is 0.331 e. The fraction of sp³-hybridized carbons (Fsp3) is 0.192. The number of pyridine rings is 1. The average Bonchev–Trinajstić information content (AvgIpc) is 3.25. The molecule has 2 aliphatic rings. The molecular formula is C26H23N5O2S. The molecule has 1 unspecified atom stereocenters. The van der Waals surface area contributed by atoms with Crippen LogP contribution in [-0.4, -0.2) is 36.1 Å². The topological polar surface area (TPSA) is 86.4 Å². The Balaban J connectivity index is 1.36. The molecule has 2 aromatic carbocycles. The van der Waals surface area contributed by atoms with Crippen molar-refractivity contribution in [2.45, 2.75) is 18.9 Å². The fourth-order valence-electron chi connectivity index (χ4n) is 4.66. The zero-order chi connectivity index (χ0) is 23.1. The van der Waals surface area contributed by atoms with Gasteiger partial charge in [-0.1, -0.05) is 42.5 Å². The average molecular weight is 470 g/mol. The lowest BCUT2D eigenvalue weighted by Crippen LogP contribution is -2.45. The molecule has 0 aliphatic carbocycles. The highest BCUT2D eigenvalue weighted by Crippen LogP contribution is 2.45. The predicted molar refractivity (Wildman–Crippen MR) is 136 cm³/mol. The predicted octanol–water partition coefficient (Wildman–Crippen LogP) is 5.13. The van der Waals surface area contributed by atoms with Gasteiger partial charge in [-0.25, -0.2) is 9.78 Å². The highest BCUT2D eigenvalue weighted by atomic mass is 32.1. The summed E-state index contributed by atoms with van der Waals surface area (Å²) in [5.41, 5.74) is 4.22. The lowest BCUT2D eigenvalue weighted by molar-refractivity contribution is 0.0935. The molecule has 0 spiro atoms. The summed E-state index contributed by atoms with van der Waals surface area (Å²) in [4.78, 5) is 33.7. The normalized spacial score (nSPS) is 17.5. The maximum Gasteiger partial charge on any atom is 0.331 e. The van der Waals surface area contributed by atoms with Crippen LogP contribution in [0.25, 0.3) is 21.3 Å². The molecule has 2 aromatic heterocycles. The molecule has 0 bridgehead atoms. The first kappa shape index (κ1) is 20.8. The first-order chi connectivity index (χ1) is 16.7. The second-order valence-corrected chi connectivity index (χ2v) is 9.51. The molecule has 6 rings (SSSR count). The number of hydrogen-bond donors (Lipinski definition) is 3. The number of amides is 3. The van der Waals surface area contributed by atoms with Gasteiger partial charge >= 0.3 is 6.03 Å². The third-order valence-corrected chi connectivity index (χ3v) is 7.41. The Labute approximate surface area is 200 Å². The Hall–Kier alpha value is -3.75. The van der Waals surface area contributed by atoms with Crippen molar-refractivity contribution in [2.24, 2.45) is 0 Å². The molecule has 34 heavy (non-hydrogen) atoms. The van der Waals surface area contributed by atoms with E-state index in [-0.39, 0.29) is 18.0 Å².